The molecule has 0 spiro atoms. The number of carboxylic acid groups (broad SMARTS) is 1. The summed E-state index contributed by atoms with van der Waals surface area (Å²) < 4.78 is 0. The van der Waals surface area contributed by atoms with Crippen molar-refractivity contribution in [3.63, 3.8) is 0 Å². The molecule has 0 amide bonds. The van der Waals surface area contributed by atoms with Crippen molar-refractivity contribution < 1.29 is 9.90 Å². The lowest BCUT2D eigenvalue weighted by molar-refractivity contribution is -0.145. The molecule has 2 saturated carbocycles. The van der Waals surface area contributed by atoms with Crippen LogP contribution >= 0.6 is 0 Å². The molecule has 1 saturated heterocycles. The molecule has 0 radical (unpaired) electrons. The van der Waals surface area contributed by atoms with Crippen molar-refractivity contribution in [2.75, 3.05) is 32.7 Å². The molecule has 1 aliphatic heterocycles. The molecule has 3 fully saturated rings. The molecular formula is C16H29N3O2. The fourth-order valence-electron chi connectivity index (χ4n) is 4.00. The maximum atomic E-state index is 11.8. The number of carboxylic acids is 1. The number of carbonyl (C=O) groups is 1. The van der Waals surface area contributed by atoms with Gasteiger partial charge in [-0.3, -0.25) is 15.0 Å². The van der Waals surface area contributed by atoms with Crippen molar-refractivity contribution in [2.45, 2.75) is 63.1 Å². The highest BCUT2D eigenvalue weighted by Gasteiger charge is 2.49. The van der Waals surface area contributed by atoms with E-state index >= 15 is 0 Å². The first kappa shape index (κ1) is 15.3. The first-order valence-corrected chi connectivity index (χ1v) is 8.60. The number of nitrogens with zero attached hydrogens (tertiary/aromatic N) is 2. The van der Waals surface area contributed by atoms with Crippen LogP contribution in [-0.2, 0) is 4.79 Å². The molecule has 0 aromatic heterocycles. The van der Waals surface area contributed by atoms with Gasteiger partial charge in [-0.25, -0.2) is 0 Å². The van der Waals surface area contributed by atoms with Crippen molar-refractivity contribution in [1.29, 1.82) is 0 Å². The quantitative estimate of drug-likeness (QED) is 0.770. The molecule has 0 aromatic rings. The van der Waals surface area contributed by atoms with Gasteiger partial charge in [-0.2, -0.15) is 0 Å². The third-order valence-corrected chi connectivity index (χ3v) is 5.42. The average Bonchev–Trinajstić information content (AvgIpc) is 3.17. The zero-order valence-corrected chi connectivity index (χ0v) is 13.2. The van der Waals surface area contributed by atoms with Gasteiger partial charge in [0, 0.05) is 38.3 Å². The maximum absolute atomic E-state index is 11.8. The predicted molar refractivity (Wildman–Crippen MR) is 82.5 cm³/mol. The van der Waals surface area contributed by atoms with Gasteiger partial charge in [0.05, 0.1) is 0 Å². The van der Waals surface area contributed by atoms with Crippen molar-refractivity contribution >= 4 is 5.97 Å². The van der Waals surface area contributed by atoms with E-state index < -0.39 is 11.5 Å². The number of rotatable bonds is 6. The van der Waals surface area contributed by atoms with E-state index in [1.54, 1.807) is 0 Å². The fraction of sp³-hybridized carbons (Fsp3) is 0.938. The molecule has 0 bridgehead atoms. The Labute approximate surface area is 127 Å². The highest BCUT2D eigenvalue weighted by Crippen LogP contribution is 2.36. The van der Waals surface area contributed by atoms with Crippen LogP contribution in [0.1, 0.15) is 45.4 Å². The van der Waals surface area contributed by atoms with Crippen LogP contribution < -0.4 is 5.32 Å². The van der Waals surface area contributed by atoms with E-state index in [1.807, 2.05) is 0 Å². The Morgan fingerprint density at radius 1 is 1.24 bits per heavy atom. The lowest BCUT2D eigenvalue weighted by Gasteiger charge is -2.38. The molecule has 3 aliphatic rings. The normalized spacial score (nSPS) is 35.2. The monoisotopic (exact) mass is 295 g/mol. The molecule has 5 heteroatoms. The number of hydrogen-bond acceptors (Lipinski definition) is 4. The summed E-state index contributed by atoms with van der Waals surface area (Å²) in [6, 6.07) is 0.914. The first-order chi connectivity index (χ1) is 10.1. The van der Waals surface area contributed by atoms with Gasteiger partial charge in [0.25, 0.3) is 0 Å². The third kappa shape index (κ3) is 3.41. The highest BCUT2D eigenvalue weighted by molar-refractivity contribution is 5.79. The minimum atomic E-state index is -0.646. The van der Waals surface area contributed by atoms with Crippen LogP contribution in [0.5, 0.6) is 0 Å². The van der Waals surface area contributed by atoms with Crippen LogP contribution in [0.3, 0.4) is 0 Å². The minimum Gasteiger partial charge on any atom is -0.480 e. The van der Waals surface area contributed by atoms with Gasteiger partial charge in [0.15, 0.2) is 0 Å². The van der Waals surface area contributed by atoms with E-state index in [2.05, 4.69) is 22.0 Å². The lowest BCUT2D eigenvalue weighted by atomic mass is 9.97. The largest absolute Gasteiger partial charge is 0.480 e. The second-order valence-corrected chi connectivity index (χ2v) is 7.08. The smallest absolute Gasteiger partial charge is 0.323 e. The summed E-state index contributed by atoms with van der Waals surface area (Å²) in [4.78, 5) is 16.8. The molecular weight excluding hydrogens is 266 g/mol. The Balaban J connectivity index is 1.55. The van der Waals surface area contributed by atoms with Gasteiger partial charge in [-0.1, -0.05) is 6.92 Å². The average molecular weight is 295 g/mol. The van der Waals surface area contributed by atoms with Crippen molar-refractivity contribution in [3.05, 3.63) is 0 Å². The Kier molecular flexibility index (Phi) is 4.52. The number of nitrogens with one attached hydrogen (secondary N) is 1. The summed E-state index contributed by atoms with van der Waals surface area (Å²) >= 11 is 0. The Morgan fingerprint density at radius 2 is 1.95 bits per heavy atom. The molecule has 120 valence electrons. The summed E-state index contributed by atoms with van der Waals surface area (Å²) in [5.74, 6) is -0.637. The Hall–Kier alpha value is -0.650. The maximum Gasteiger partial charge on any atom is 0.323 e. The molecule has 2 unspecified atom stereocenters. The summed E-state index contributed by atoms with van der Waals surface area (Å²) in [5.41, 5.74) is -0.646. The van der Waals surface area contributed by atoms with Crippen LogP contribution in [0.25, 0.3) is 0 Å². The van der Waals surface area contributed by atoms with Crippen LogP contribution in [0.15, 0.2) is 0 Å². The SMILES string of the molecule is CCCN1CCN(C2CCC(NC3CC3)(C(=O)O)C2)CC1. The van der Waals surface area contributed by atoms with Gasteiger partial charge in [0.2, 0.25) is 0 Å². The predicted octanol–water partition coefficient (Wildman–Crippen LogP) is 1.14. The van der Waals surface area contributed by atoms with Crippen molar-refractivity contribution in [2.24, 2.45) is 0 Å². The lowest BCUT2D eigenvalue weighted by Crippen LogP contribution is -2.54. The zero-order valence-electron chi connectivity index (χ0n) is 13.2. The summed E-state index contributed by atoms with van der Waals surface area (Å²) in [5, 5.41) is 13.1. The van der Waals surface area contributed by atoms with Crippen LogP contribution in [0.4, 0.5) is 0 Å². The molecule has 0 aromatic carbocycles. The van der Waals surface area contributed by atoms with E-state index in [-0.39, 0.29) is 0 Å². The molecule has 5 nitrogen and oxygen atoms in total. The van der Waals surface area contributed by atoms with Crippen LogP contribution in [-0.4, -0.2) is 71.2 Å². The van der Waals surface area contributed by atoms with Crippen LogP contribution in [0.2, 0.25) is 0 Å². The Morgan fingerprint density at radius 3 is 2.52 bits per heavy atom. The minimum absolute atomic E-state index is 0.455. The molecule has 2 atom stereocenters. The summed E-state index contributed by atoms with van der Waals surface area (Å²) in [7, 11) is 0. The van der Waals surface area contributed by atoms with E-state index in [9.17, 15) is 9.90 Å². The summed E-state index contributed by atoms with van der Waals surface area (Å²) in [6.45, 7) is 7.91. The molecule has 2 aliphatic carbocycles. The van der Waals surface area contributed by atoms with Gasteiger partial charge < -0.3 is 10.0 Å². The Bertz CT molecular complexity index is 378. The number of piperazine rings is 1. The second kappa shape index (κ2) is 6.23. The van der Waals surface area contributed by atoms with Gasteiger partial charge in [-0.15, -0.1) is 0 Å². The molecule has 1 heterocycles. The summed E-state index contributed by atoms with van der Waals surface area (Å²) in [6.07, 6.45) is 6.12. The van der Waals surface area contributed by atoms with E-state index in [0.717, 1.165) is 58.3 Å². The molecule has 2 N–H and O–H groups in total. The fourth-order valence-corrected chi connectivity index (χ4v) is 4.00. The molecule has 21 heavy (non-hydrogen) atoms. The highest BCUT2D eigenvalue weighted by atomic mass is 16.4. The third-order valence-electron chi connectivity index (χ3n) is 5.42. The standard InChI is InChI=1S/C16H29N3O2/c1-2-7-18-8-10-19(11-9-18)14-5-6-16(12-14,15(20)21)17-13-3-4-13/h13-14,17H,2-12H2,1H3,(H,20,21). The zero-order chi connectivity index (χ0) is 14.9. The van der Waals surface area contributed by atoms with Crippen molar-refractivity contribution in [3.8, 4) is 0 Å². The van der Waals surface area contributed by atoms with Gasteiger partial charge >= 0.3 is 5.97 Å². The van der Waals surface area contributed by atoms with Crippen LogP contribution in [0, 0.1) is 0 Å². The van der Waals surface area contributed by atoms with E-state index in [1.165, 1.54) is 13.0 Å². The second-order valence-electron chi connectivity index (χ2n) is 7.08. The van der Waals surface area contributed by atoms with Gasteiger partial charge in [-0.05, 0) is 45.1 Å². The van der Waals surface area contributed by atoms with Gasteiger partial charge in [0.1, 0.15) is 5.54 Å². The number of aliphatic carboxylic acids is 1. The first-order valence-electron chi connectivity index (χ1n) is 8.60. The van der Waals surface area contributed by atoms with E-state index in [4.69, 9.17) is 0 Å². The topological polar surface area (TPSA) is 55.8 Å². The van der Waals surface area contributed by atoms with Crippen molar-refractivity contribution in [1.82, 2.24) is 15.1 Å². The molecule has 3 rings (SSSR count). The number of hydrogen-bond donors (Lipinski definition) is 2. The van der Waals surface area contributed by atoms with E-state index in [0.29, 0.717) is 12.1 Å².